The highest BCUT2D eigenvalue weighted by Gasteiger charge is 2.35. The number of carbonyl (C=O) groups is 1. The first-order valence-electron chi connectivity index (χ1n) is 7.16. The molecule has 0 saturated carbocycles. The van der Waals surface area contributed by atoms with Crippen LogP contribution in [0, 0.1) is 5.92 Å². The van der Waals surface area contributed by atoms with E-state index in [1.807, 2.05) is 18.7 Å². The van der Waals surface area contributed by atoms with Crippen molar-refractivity contribution in [3.8, 4) is 0 Å². The van der Waals surface area contributed by atoms with E-state index in [0.717, 1.165) is 0 Å². The molecule has 1 amide bonds. The molecule has 2 saturated heterocycles. The minimum absolute atomic E-state index is 0.0549. The van der Waals surface area contributed by atoms with Crippen molar-refractivity contribution in [2.24, 2.45) is 5.92 Å². The first-order chi connectivity index (χ1) is 9.29. The third-order valence-corrected chi connectivity index (χ3v) is 5.47. The molecule has 7 heteroatoms. The molecular weight excluding hydrogens is 280 g/mol. The van der Waals surface area contributed by atoms with Gasteiger partial charge in [0, 0.05) is 25.6 Å². The summed E-state index contributed by atoms with van der Waals surface area (Å²) >= 11 is 0. The normalized spacial score (nSPS) is 30.4. The van der Waals surface area contributed by atoms with Gasteiger partial charge in [-0.2, -0.15) is 0 Å². The summed E-state index contributed by atoms with van der Waals surface area (Å²) in [7, 11) is -3.13. The molecule has 20 heavy (non-hydrogen) atoms. The lowest BCUT2D eigenvalue weighted by Gasteiger charge is -2.40. The van der Waals surface area contributed by atoms with Crippen LogP contribution < -0.4 is 0 Å². The van der Waals surface area contributed by atoms with Gasteiger partial charge in [0.25, 0.3) is 0 Å². The predicted octanol–water partition coefficient (Wildman–Crippen LogP) is 0.294. The minimum atomic E-state index is -3.13. The van der Waals surface area contributed by atoms with Crippen LogP contribution in [0.4, 0.5) is 0 Å². The molecular formula is C13H24N2O4S. The zero-order valence-electron chi connectivity index (χ0n) is 12.4. The van der Waals surface area contributed by atoms with Gasteiger partial charge < -0.3 is 9.64 Å². The highest BCUT2D eigenvalue weighted by molar-refractivity contribution is 7.88. The van der Waals surface area contributed by atoms with Crippen molar-refractivity contribution < 1.29 is 17.9 Å². The third kappa shape index (κ3) is 3.51. The van der Waals surface area contributed by atoms with Gasteiger partial charge in [-0.25, -0.2) is 12.7 Å². The fourth-order valence-corrected chi connectivity index (χ4v) is 3.75. The number of hydrogen-bond donors (Lipinski definition) is 0. The highest BCUT2D eigenvalue weighted by Crippen LogP contribution is 2.24. The lowest BCUT2D eigenvalue weighted by Crippen LogP contribution is -2.53. The number of amides is 1. The second-order valence-electron chi connectivity index (χ2n) is 5.92. The summed E-state index contributed by atoms with van der Waals surface area (Å²) in [5.74, 6) is 0.0987. The van der Waals surface area contributed by atoms with Gasteiger partial charge >= 0.3 is 0 Å². The molecule has 6 nitrogen and oxygen atoms in total. The monoisotopic (exact) mass is 304 g/mol. The summed E-state index contributed by atoms with van der Waals surface area (Å²) in [5, 5.41) is 0. The maximum atomic E-state index is 12.6. The van der Waals surface area contributed by atoms with E-state index in [1.54, 1.807) is 0 Å². The quantitative estimate of drug-likeness (QED) is 0.735. The SMILES string of the molecule is C[C@@H]1CN(C(=O)C2CCN(S(C)(=O)=O)CC2)[C@@H](C)CO1. The number of rotatable bonds is 2. The van der Waals surface area contributed by atoms with Crippen LogP contribution in [0.25, 0.3) is 0 Å². The van der Waals surface area contributed by atoms with Crippen LogP contribution in [0.3, 0.4) is 0 Å². The second-order valence-corrected chi connectivity index (χ2v) is 7.90. The summed E-state index contributed by atoms with van der Waals surface area (Å²) in [6.07, 6.45) is 2.53. The number of nitrogens with zero attached hydrogens (tertiary/aromatic N) is 2. The summed E-state index contributed by atoms with van der Waals surface area (Å²) in [6.45, 7) is 6.07. The average Bonchev–Trinajstić information content (AvgIpc) is 2.40. The average molecular weight is 304 g/mol. The van der Waals surface area contributed by atoms with Gasteiger partial charge in [-0.3, -0.25) is 4.79 Å². The fourth-order valence-electron chi connectivity index (χ4n) is 2.88. The van der Waals surface area contributed by atoms with E-state index in [-0.39, 0.29) is 24.0 Å². The van der Waals surface area contributed by atoms with E-state index < -0.39 is 10.0 Å². The van der Waals surface area contributed by atoms with Gasteiger partial charge in [0.2, 0.25) is 15.9 Å². The van der Waals surface area contributed by atoms with Crippen molar-refractivity contribution in [3.05, 3.63) is 0 Å². The molecule has 0 N–H and O–H groups in total. The molecule has 0 aliphatic carbocycles. The summed E-state index contributed by atoms with van der Waals surface area (Å²) in [5.41, 5.74) is 0. The van der Waals surface area contributed by atoms with Crippen LogP contribution >= 0.6 is 0 Å². The maximum absolute atomic E-state index is 12.6. The predicted molar refractivity (Wildman–Crippen MR) is 75.7 cm³/mol. The third-order valence-electron chi connectivity index (χ3n) is 4.16. The number of carbonyl (C=O) groups excluding carboxylic acids is 1. The number of hydrogen-bond acceptors (Lipinski definition) is 4. The van der Waals surface area contributed by atoms with E-state index in [2.05, 4.69) is 0 Å². The second kappa shape index (κ2) is 5.99. The molecule has 0 unspecified atom stereocenters. The van der Waals surface area contributed by atoms with Gasteiger partial charge in [0.15, 0.2) is 0 Å². The Morgan fingerprint density at radius 1 is 1.20 bits per heavy atom. The molecule has 0 aromatic heterocycles. The summed E-state index contributed by atoms with van der Waals surface area (Å²) in [6, 6.07) is 0.103. The topological polar surface area (TPSA) is 66.9 Å². The maximum Gasteiger partial charge on any atom is 0.226 e. The molecule has 0 aromatic carbocycles. The molecule has 116 valence electrons. The number of sulfonamides is 1. The standard InChI is InChI=1S/C13H24N2O4S/c1-10-9-19-11(2)8-15(10)13(16)12-4-6-14(7-5-12)20(3,17)18/h10-12H,4-9H2,1-3H3/t10-,11+/m0/s1. The van der Waals surface area contributed by atoms with E-state index in [4.69, 9.17) is 4.74 Å². The molecule has 2 atom stereocenters. The van der Waals surface area contributed by atoms with Gasteiger partial charge in [0.1, 0.15) is 0 Å². The lowest BCUT2D eigenvalue weighted by atomic mass is 9.95. The first kappa shape index (κ1) is 15.7. The Kier molecular flexibility index (Phi) is 4.71. The Morgan fingerprint density at radius 3 is 2.35 bits per heavy atom. The fraction of sp³-hybridized carbons (Fsp3) is 0.923. The Labute approximate surface area is 121 Å². The van der Waals surface area contributed by atoms with Crippen LogP contribution in [0.15, 0.2) is 0 Å². The Morgan fingerprint density at radius 2 is 1.80 bits per heavy atom. The van der Waals surface area contributed by atoms with Crippen molar-refractivity contribution in [1.29, 1.82) is 0 Å². The van der Waals surface area contributed by atoms with Gasteiger partial charge in [-0.15, -0.1) is 0 Å². The summed E-state index contributed by atoms with van der Waals surface area (Å²) < 4.78 is 29.9. The molecule has 2 fully saturated rings. The van der Waals surface area contributed by atoms with Crippen LogP contribution in [0.1, 0.15) is 26.7 Å². The van der Waals surface area contributed by atoms with Gasteiger partial charge in [-0.05, 0) is 26.7 Å². The first-order valence-corrected chi connectivity index (χ1v) is 9.01. The molecule has 0 radical (unpaired) electrons. The Balaban J connectivity index is 1.94. The van der Waals surface area contributed by atoms with Crippen molar-refractivity contribution in [3.63, 3.8) is 0 Å². The van der Waals surface area contributed by atoms with Crippen molar-refractivity contribution in [2.75, 3.05) is 32.5 Å². The molecule has 2 rings (SSSR count). The van der Waals surface area contributed by atoms with Crippen LogP contribution in [-0.2, 0) is 19.6 Å². The lowest BCUT2D eigenvalue weighted by molar-refractivity contribution is -0.148. The molecule has 0 bridgehead atoms. The molecule has 2 aliphatic heterocycles. The smallest absolute Gasteiger partial charge is 0.226 e. The van der Waals surface area contributed by atoms with E-state index >= 15 is 0 Å². The van der Waals surface area contributed by atoms with Crippen LogP contribution in [0.5, 0.6) is 0 Å². The van der Waals surface area contributed by atoms with E-state index in [9.17, 15) is 13.2 Å². The molecule has 0 aromatic rings. The number of morpholine rings is 1. The molecule has 2 aliphatic rings. The number of piperidine rings is 1. The Hall–Kier alpha value is -0.660. The van der Waals surface area contributed by atoms with Crippen molar-refractivity contribution in [1.82, 2.24) is 9.21 Å². The largest absolute Gasteiger partial charge is 0.375 e. The van der Waals surface area contributed by atoms with Crippen molar-refractivity contribution in [2.45, 2.75) is 38.8 Å². The minimum Gasteiger partial charge on any atom is -0.375 e. The highest BCUT2D eigenvalue weighted by atomic mass is 32.2. The zero-order chi connectivity index (χ0) is 14.9. The van der Waals surface area contributed by atoms with Crippen molar-refractivity contribution >= 4 is 15.9 Å². The van der Waals surface area contributed by atoms with E-state index in [1.165, 1.54) is 10.6 Å². The van der Waals surface area contributed by atoms with Crippen LogP contribution in [0.2, 0.25) is 0 Å². The number of ether oxygens (including phenoxy) is 1. The van der Waals surface area contributed by atoms with Crippen LogP contribution in [-0.4, -0.2) is 68.2 Å². The van der Waals surface area contributed by atoms with E-state index in [0.29, 0.717) is 39.1 Å². The zero-order valence-corrected chi connectivity index (χ0v) is 13.2. The summed E-state index contributed by atoms with van der Waals surface area (Å²) in [4.78, 5) is 14.5. The molecule has 0 spiro atoms. The van der Waals surface area contributed by atoms with Gasteiger partial charge in [-0.1, -0.05) is 0 Å². The Bertz CT molecular complexity index is 457. The molecule has 2 heterocycles. The van der Waals surface area contributed by atoms with Gasteiger partial charge in [0.05, 0.1) is 25.0 Å².